The number of nitrogens with one attached hydrogen (secondary N) is 1. The molecule has 160 valence electrons. The average Bonchev–Trinajstić information content (AvgIpc) is 2.72. The molecule has 1 N–H and O–H groups in total. The molecular formula is C23H26F2N2O3. The highest BCUT2D eigenvalue weighted by Gasteiger charge is 2.26. The zero-order valence-electron chi connectivity index (χ0n) is 17.2. The van der Waals surface area contributed by atoms with Gasteiger partial charge in [-0.1, -0.05) is 18.2 Å². The largest absolute Gasteiger partial charge is 0.372 e. The van der Waals surface area contributed by atoms with E-state index in [1.165, 1.54) is 6.07 Å². The Bertz CT molecular complexity index is 892. The van der Waals surface area contributed by atoms with Crippen LogP contribution < -0.4 is 5.32 Å². The molecule has 1 saturated heterocycles. The maximum atomic E-state index is 13.2. The minimum absolute atomic E-state index is 0.0126. The van der Waals surface area contributed by atoms with Gasteiger partial charge in [0.2, 0.25) is 5.91 Å². The third-order valence-electron chi connectivity index (χ3n) is 5.02. The zero-order chi connectivity index (χ0) is 21.7. The van der Waals surface area contributed by atoms with Crippen molar-refractivity contribution in [3.05, 3.63) is 70.8 Å². The summed E-state index contributed by atoms with van der Waals surface area (Å²) >= 11 is 0. The number of carbonyl (C=O) groups is 2. The van der Waals surface area contributed by atoms with Gasteiger partial charge in [0.05, 0.1) is 12.2 Å². The van der Waals surface area contributed by atoms with Crippen LogP contribution in [0.25, 0.3) is 0 Å². The first-order valence-corrected chi connectivity index (χ1v) is 10.1. The molecule has 0 aliphatic carbocycles. The number of nitrogens with zero attached hydrogens (tertiary/aromatic N) is 1. The summed E-state index contributed by atoms with van der Waals surface area (Å²) in [7, 11) is 0. The first-order chi connectivity index (χ1) is 14.3. The van der Waals surface area contributed by atoms with Crippen LogP contribution in [-0.2, 0) is 22.5 Å². The highest BCUT2D eigenvalue weighted by molar-refractivity contribution is 5.94. The summed E-state index contributed by atoms with van der Waals surface area (Å²) in [4.78, 5) is 26.5. The quantitative estimate of drug-likeness (QED) is 0.785. The lowest BCUT2D eigenvalue weighted by Crippen LogP contribution is -2.48. The molecule has 7 heteroatoms. The molecule has 3 rings (SSSR count). The second kappa shape index (κ2) is 9.80. The number of benzene rings is 2. The van der Waals surface area contributed by atoms with E-state index in [2.05, 4.69) is 5.32 Å². The van der Waals surface area contributed by atoms with Gasteiger partial charge >= 0.3 is 0 Å². The Morgan fingerprint density at radius 1 is 1.00 bits per heavy atom. The second-order valence-electron chi connectivity index (χ2n) is 7.69. The van der Waals surface area contributed by atoms with Gasteiger partial charge in [0, 0.05) is 31.6 Å². The van der Waals surface area contributed by atoms with Crippen molar-refractivity contribution >= 4 is 11.8 Å². The Balaban J connectivity index is 1.47. The van der Waals surface area contributed by atoms with Crippen molar-refractivity contribution in [2.75, 3.05) is 13.1 Å². The third-order valence-corrected chi connectivity index (χ3v) is 5.02. The summed E-state index contributed by atoms with van der Waals surface area (Å²) in [6, 6.07) is 10.8. The summed E-state index contributed by atoms with van der Waals surface area (Å²) in [6.45, 7) is 5.37. The summed E-state index contributed by atoms with van der Waals surface area (Å²) in [5.41, 5.74) is 2.04. The van der Waals surface area contributed by atoms with Crippen LogP contribution in [0.2, 0.25) is 0 Å². The number of halogens is 2. The fourth-order valence-electron chi connectivity index (χ4n) is 3.53. The Kier molecular flexibility index (Phi) is 7.15. The minimum atomic E-state index is -0.913. The molecule has 1 aliphatic heterocycles. The first-order valence-electron chi connectivity index (χ1n) is 10.1. The number of ether oxygens (including phenoxy) is 1. The van der Waals surface area contributed by atoms with Crippen LogP contribution in [0.5, 0.6) is 0 Å². The monoisotopic (exact) mass is 416 g/mol. The molecule has 2 atom stereocenters. The van der Waals surface area contributed by atoms with E-state index in [9.17, 15) is 18.4 Å². The fraction of sp³-hybridized carbons (Fsp3) is 0.391. The van der Waals surface area contributed by atoms with Gasteiger partial charge in [-0.15, -0.1) is 0 Å². The van der Waals surface area contributed by atoms with E-state index in [1.54, 1.807) is 17.0 Å². The predicted octanol–water partition coefficient (Wildman–Crippen LogP) is 3.46. The van der Waals surface area contributed by atoms with Crippen LogP contribution in [0.4, 0.5) is 8.78 Å². The van der Waals surface area contributed by atoms with Gasteiger partial charge in [0.1, 0.15) is 0 Å². The number of hydrogen-bond donors (Lipinski definition) is 1. The van der Waals surface area contributed by atoms with E-state index in [0.29, 0.717) is 37.2 Å². The Morgan fingerprint density at radius 3 is 2.27 bits per heavy atom. The van der Waals surface area contributed by atoms with E-state index in [0.717, 1.165) is 17.7 Å². The van der Waals surface area contributed by atoms with Gasteiger partial charge in [-0.25, -0.2) is 8.78 Å². The zero-order valence-corrected chi connectivity index (χ0v) is 17.2. The number of aryl methyl sites for hydroxylation is 1. The third kappa shape index (κ3) is 5.86. The summed E-state index contributed by atoms with van der Waals surface area (Å²) in [5.74, 6) is -2.03. The van der Waals surface area contributed by atoms with Gasteiger partial charge in [0.25, 0.3) is 5.91 Å². The van der Waals surface area contributed by atoms with Crippen LogP contribution in [0.15, 0.2) is 42.5 Å². The van der Waals surface area contributed by atoms with Gasteiger partial charge in [0.15, 0.2) is 11.6 Å². The molecule has 1 heterocycles. The molecule has 1 aliphatic rings. The molecule has 0 bridgehead atoms. The molecule has 0 spiro atoms. The van der Waals surface area contributed by atoms with Gasteiger partial charge in [-0.05, 0) is 55.7 Å². The van der Waals surface area contributed by atoms with E-state index in [4.69, 9.17) is 4.74 Å². The van der Waals surface area contributed by atoms with Crippen LogP contribution in [0.1, 0.15) is 41.8 Å². The standard InChI is InChI=1S/C23H26F2N2O3/c1-15-13-27(14-16(2)30-15)23(29)19-7-3-18(4-8-19)12-26-22(28)10-6-17-5-9-20(24)21(25)11-17/h3-5,7-9,11,15-16H,6,10,12-14H2,1-2H3,(H,26,28). The lowest BCUT2D eigenvalue weighted by atomic mass is 10.1. The topological polar surface area (TPSA) is 58.6 Å². The normalized spacial score (nSPS) is 18.9. The van der Waals surface area contributed by atoms with Crippen LogP contribution in [0.3, 0.4) is 0 Å². The van der Waals surface area contributed by atoms with Crippen molar-refractivity contribution in [2.24, 2.45) is 0 Å². The molecule has 0 radical (unpaired) electrons. The van der Waals surface area contributed by atoms with Gasteiger partial charge in [-0.3, -0.25) is 9.59 Å². The second-order valence-corrected chi connectivity index (χ2v) is 7.69. The van der Waals surface area contributed by atoms with Crippen molar-refractivity contribution in [2.45, 2.75) is 45.4 Å². The van der Waals surface area contributed by atoms with Gasteiger partial charge < -0.3 is 15.0 Å². The molecule has 0 aromatic heterocycles. The summed E-state index contributed by atoms with van der Waals surface area (Å²) in [5, 5.41) is 2.80. The van der Waals surface area contributed by atoms with E-state index < -0.39 is 11.6 Å². The number of morpholine rings is 1. The minimum Gasteiger partial charge on any atom is -0.372 e. The molecule has 1 fully saturated rings. The molecule has 2 unspecified atom stereocenters. The van der Waals surface area contributed by atoms with Crippen molar-refractivity contribution in [3.8, 4) is 0 Å². The molecule has 30 heavy (non-hydrogen) atoms. The van der Waals surface area contributed by atoms with Crippen molar-refractivity contribution in [3.63, 3.8) is 0 Å². The fourth-order valence-corrected chi connectivity index (χ4v) is 3.53. The molecule has 2 aromatic carbocycles. The number of rotatable bonds is 6. The van der Waals surface area contributed by atoms with Crippen molar-refractivity contribution < 1.29 is 23.1 Å². The molecule has 5 nitrogen and oxygen atoms in total. The molecule has 2 aromatic rings. The highest BCUT2D eigenvalue weighted by Crippen LogP contribution is 2.15. The maximum Gasteiger partial charge on any atom is 0.254 e. The average molecular weight is 416 g/mol. The molecule has 0 saturated carbocycles. The Morgan fingerprint density at radius 2 is 1.63 bits per heavy atom. The predicted molar refractivity (Wildman–Crippen MR) is 109 cm³/mol. The smallest absolute Gasteiger partial charge is 0.254 e. The molecular weight excluding hydrogens is 390 g/mol. The maximum absolute atomic E-state index is 13.2. The number of amides is 2. The lowest BCUT2D eigenvalue weighted by molar-refractivity contribution is -0.121. The van der Waals surface area contributed by atoms with Crippen LogP contribution >= 0.6 is 0 Å². The summed E-state index contributed by atoms with van der Waals surface area (Å²) in [6.07, 6.45) is 0.527. The Hall–Kier alpha value is -2.80. The van der Waals surface area contributed by atoms with E-state index >= 15 is 0 Å². The van der Waals surface area contributed by atoms with Crippen molar-refractivity contribution in [1.29, 1.82) is 0 Å². The summed E-state index contributed by atoms with van der Waals surface area (Å²) < 4.78 is 31.8. The SMILES string of the molecule is CC1CN(C(=O)c2ccc(CNC(=O)CCc3ccc(F)c(F)c3)cc2)CC(C)O1. The van der Waals surface area contributed by atoms with E-state index in [-0.39, 0.29) is 30.4 Å². The van der Waals surface area contributed by atoms with Gasteiger partial charge in [-0.2, -0.15) is 0 Å². The van der Waals surface area contributed by atoms with E-state index in [1.807, 2.05) is 26.0 Å². The van der Waals surface area contributed by atoms with Crippen molar-refractivity contribution in [1.82, 2.24) is 10.2 Å². The van der Waals surface area contributed by atoms with Crippen LogP contribution in [0, 0.1) is 11.6 Å². The highest BCUT2D eigenvalue weighted by atomic mass is 19.2. The number of hydrogen-bond acceptors (Lipinski definition) is 3. The number of carbonyl (C=O) groups excluding carboxylic acids is 2. The molecule has 2 amide bonds. The Labute approximate surface area is 175 Å². The van der Waals surface area contributed by atoms with Crippen LogP contribution in [-0.4, -0.2) is 42.0 Å². The lowest BCUT2D eigenvalue weighted by Gasteiger charge is -2.35. The first kappa shape index (κ1) is 21.9.